The van der Waals surface area contributed by atoms with E-state index in [1.165, 1.54) is 21.7 Å². The monoisotopic (exact) mass is 348 g/mol. The zero-order valence-corrected chi connectivity index (χ0v) is 13.6. The summed E-state index contributed by atoms with van der Waals surface area (Å²) in [7, 11) is -4.00. The second-order valence-corrected chi connectivity index (χ2v) is 7.69. The smallest absolute Gasteiger partial charge is 0.246 e. The Balaban J connectivity index is 2.44. The van der Waals surface area contributed by atoms with E-state index in [9.17, 15) is 12.8 Å². The maximum absolute atomic E-state index is 14.1. The zero-order valence-electron chi connectivity index (χ0n) is 11.2. The summed E-state index contributed by atoms with van der Waals surface area (Å²) in [6, 6.07) is 5.93. The predicted molar refractivity (Wildman–Crippen MR) is 83.4 cm³/mol. The van der Waals surface area contributed by atoms with Gasteiger partial charge in [0.05, 0.1) is 5.69 Å². The van der Waals surface area contributed by atoms with E-state index in [1.807, 2.05) is 17.5 Å². The van der Waals surface area contributed by atoms with Gasteiger partial charge in [-0.1, -0.05) is 24.6 Å². The van der Waals surface area contributed by atoms with Gasteiger partial charge in [-0.15, -0.1) is 11.3 Å². The maximum Gasteiger partial charge on any atom is 0.246 e. The lowest BCUT2D eigenvalue weighted by Gasteiger charge is -2.20. The van der Waals surface area contributed by atoms with Gasteiger partial charge in [-0.2, -0.15) is 4.31 Å². The number of nitrogen functional groups attached to an aromatic ring is 1. The minimum Gasteiger partial charge on any atom is -0.396 e. The van der Waals surface area contributed by atoms with E-state index >= 15 is 0 Å². The first-order valence-corrected chi connectivity index (χ1v) is 8.83. The minimum absolute atomic E-state index is 0.0830. The molecule has 8 heteroatoms. The number of sulfonamides is 1. The average molecular weight is 349 g/mol. The van der Waals surface area contributed by atoms with Gasteiger partial charge in [0.15, 0.2) is 5.82 Å². The summed E-state index contributed by atoms with van der Waals surface area (Å²) in [5.41, 5.74) is 5.17. The lowest BCUT2D eigenvalue weighted by atomic mass is 10.3. The molecule has 0 aliphatic rings. The third kappa shape index (κ3) is 3.37. The van der Waals surface area contributed by atoms with Crippen molar-refractivity contribution in [2.45, 2.75) is 18.4 Å². The van der Waals surface area contributed by atoms with Crippen molar-refractivity contribution >= 4 is 38.6 Å². The fourth-order valence-electron chi connectivity index (χ4n) is 1.85. The molecule has 0 spiro atoms. The molecular formula is C13H14ClFN2O2S2. The molecule has 0 unspecified atom stereocenters. The molecule has 114 valence electrons. The van der Waals surface area contributed by atoms with Gasteiger partial charge in [-0.25, -0.2) is 12.8 Å². The average Bonchev–Trinajstić information content (AvgIpc) is 2.92. The quantitative estimate of drug-likeness (QED) is 0.843. The van der Waals surface area contributed by atoms with Crippen LogP contribution in [-0.4, -0.2) is 19.3 Å². The van der Waals surface area contributed by atoms with E-state index in [4.69, 9.17) is 17.3 Å². The number of anilines is 1. The molecular weight excluding hydrogens is 335 g/mol. The highest BCUT2D eigenvalue weighted by Gasteiger charge is 2.28. The Labute approximate surface area is 132 Å². The van der Waals surface area contributed by atoms with Gasteiger partial charge in [0.25, 0.3) is 0 Å². The lowest BCUT2D eigenvalue weighted by Crippen LogP contribution is -2.31. The van der Waals surface area contributed by atoms with Gasteiger partial charge >= 0.3 is 0 Å². The van der Waals surface area contributed by atoms with E-state index in [2.05, 4.69) is 0 Å². The van der Waals surface area contributed by atoms with E-state index in [0.717, 1.165) is 10.9 Å². The first-order valence-electron chi connectivity index (χ1n) is 6.13. The largest absolute Gasteiger partial charge is 0.396 e. The van der Waals surface area contributed by atoms with E-state index < -0.39 is 20.7 Å². The molecule has 2 aromatic rings. The van der Waals surface area contributed by atoms with Crippen LogP contribution in [0.15, 0.2) is 34.5 Å². The molecule has 2 rings (SSSR count). The Bertz CT molecular complexity index is 733. The molecule has 1 aromatic carbocycles. The summed E-state index contributed by atoms with van der Waals surface area (Å²) < 4.78 is 40.4. The van der Waals surface area contributed by atoms with Crippen molar-refractivity contribution in [3.05, 3.63) is 45.4 Å². The summed E-state index contributed by atoms with van der Waals surface area (Å²) in [4.78, 5) is 0.377. The molecule has 0 saturated heterocycles. The topological polar surface area (TPSA) is 63.4 Å². The fourth-order valence-corrected chi connectivity index (χ4v) is 4.49. The van der Waals surface area contributed by atoms with Gasteiger partial charge in [-0.3, -0.25) is 0 Å². The SMILES string of the molecule is CCN(Cc1cccs1)S(=O)(=O)c1cc(Cl)cc(N)c1F. The number of hydrogen-bond donors (Lipinski definition) is 1. The van der Waals surface area contributed by atoms with E-state index in [0.29, 0.717) is 0 Å². The fraction of sp³-hybridized carbons (Fsp3) is 0.231. The molecule has 0 fully saturated rings. The molecule has 1 aromatic heterocycles. The molecule has 0 bridgehead atoms. The molecule has 21 heavy (non-hydrogen) atoms. The van der Waals surface area contributed by atoms with Crippen molar-refractivity contribution in [3.63, 3.8) is 0 Å². The molecule has 0 radical (unpaired) electrons. The van der Waals surface area contributed by atoms with Crippen molar-refractivity contribution in [3.8, 4) is 0 Å². The van der Waals surface area contributed by atoms with Crippen LogP contribution in [0.2, 0.25) is 5.02 Å². The molecule has 0 saturated carbocycles. The Hall–Kier alpha value is -1.15. The summed E-state index contributed by atoms with van der Waals surface area (Å²) in [6.45, 7) is 2.09. The van der Waals surface area contributed by atoms with Crippen molar-refractivity contribution in [2.75, 3.05) is 12.3 Å². The number of hydrogen-bond acceptors (Lipinski definition) is 4. The summed E-state index contributed by atoms with van der Waals surface area (Å²) >= 11 is 7.23. The van der Waals surface area contributed by atoms with Crippen molar-refractivity contribution in [1.29, 1.82) is 0 Å². The van der Waals surface area contributed by atoms with Crippen LogP contribution in [0.4, 0.5) is 10.1 Å². The molecule has 4 nitrogen and oxygen atoms in total. The number of nitrogens with zero attached hydrogens (tertiary/aromatic N) is 1. The van der Waals surface area contributed by atoms with Crippen LogP contribution in [0.5, 0.6) is 0 Å². The van der Waals surface area contributed by atoms with Crippen LogP contribution in [0.25, 0.3) is 0 Å². The molecule has 0 amide bonds. The maximum atomic E-state index is 14.1. The highest BCUT2D eigenvalue weighted by molar-refractivity contribution is 7.89. The Morgan fingerprint density at radius 2 is 2.14 bits per heavy atom. The number of thiophene rings is 1. The highest BCUT2D eigenvalue weighted by atomic mass is 35.5. The first-order chi connectivity index (χ1) is 9.86. The molecule has 2 N–H and O–H groups in total. The van der Waals surface area contributed by atoms with Crippen molar-refractivity contribution < 1.29 is 12.8 Å². The van der Waals surface area contributed by atoms with Crippen LogP contribution in [0.3, 0.4) is 0 Å². The third-order valence-electron chi connectivity index (χ3n) is 2.91. The van der Waals surface area contributed by atoms with Crippen LogP contribution in [-0.2, 0) is 16.6 Å². The predicted octanol–water partition coefficient (Wildman–Crippen LogP) is 3.33. The molecule has 0 atom stereocenters. The second-order valence-electron chi connectivity index (χ2n) is 4.32. The van der Waals surface area contributed by atoms with Crippen molar-refractivity contribution in [2.24, 2.45) is 0 Å². The Morgan fingerprint density at radius 1 is 1.43 bits per heavy atom. The summed E-state index contributed by atoms with van der Waals surface area (Å²) in [5, 5.41) is 1.94. The molecule has 1 heterocycles. The summed E-state index contributed by atoms with van der Waals surface area (Å²) in [6.07, 6.45) is 0. The van der Waals surface area contributed by atoms with Gasteiger partial charge in [-0.05, 0) is 23.6 Å². The minimum atomic E-state index is -4.00. The third-order valence-corrected chi connectivity index (χ3v) is 5.91. The van der Waals surface area contributed by atoms with Gasteiger partial charge in [0.1, 0.15) is 4.90 Å². The van der Waals surface area contributed by atoms with Crippen LogP contribution < -0.4 is 5.73 Å². The Morgan fingerprint density at radius 3 is 2.71 bits per heavy atom. The number of rotatable bonds is 5. The summed E-state index contributed by atoms with van der Waals surface area (Å²) in [5.74, 6) is -0.968. The number of halogens is 2. The van der Waals surface area contributed by atoms with Gasteiger partial charge < -0.3 is 5.73 Å². The van der Waals surface area contributed by atoms with Crippen LogP contribution >= 0.6 is 22.9 Å². The number of benzene rings is 1. The second kappa shape index (κ2) is 6.31. The van der Waals surface area contributed by atoms with Gasteiger partial charge in [0, 0.05) is 23.0 Å². The highest BCUT2D eigenvalue weighted by Crippen LogP contribution is 2.28. The van der Waals surface area contributed by atoms with E-state index in [-0.39, 0.29) is 23.8 Å². The van der Waals surface area contributed by atoms with E-state index in [1.54, 1.807) is 6.92 Å². The Kier molecular flexibility index (Phi) is 4.88. The lowest BCUT2D eigenvalue weighted by molar-refractivity contribution is 0.422. The van der Waals surface area contributed by atoms with Crippen LogP contribution in [0.1, 0.15) is 11.8 Å². The van der Waals surface area contributed by atoms with Crippen LogP contribution in [0, 0.1) is 5.82 Å². The van der Waals surface area contributed by atoms with Gasteiger partial charge in [0.2, 0.25) is 10.0 Å². The van der Waals surface area contributed by atoms with Crippen molar-refractivity contribution in [1.82, 2.24) is 4.31 Å². The number of nitrogens with two attached hydrogens (primary N) is 1. The molecule has 0 aliphatic heterocycles. The normalized spacial score (nSPS) is 12.0. The zero-order chi connectivity index (χ0) is 15.6. The first kappa shape index (κ1) is 16.2. The molecule has 0 aliphatic carbocycles. The standard InChI is InChI=1S/C13H14ClFN2O2S2/c1-2-17(8-10-4-3-5-20-10)21(18,19)12-7-9(14)6-11(16)13(12)15/h3-7H,2,8,16H2,1H3.